The smallest absolute Gasteiger partial charge is 0.331 e. The predicted molar refractivity (Wildman–Crippen MR) is 96.6 cm³/mol. The molecule has 0 saturated carbocycles. The van der Waals surface area contributed by atoms with E-state index in [2.05, 4.69) is 11.9 Å². The van der Waals surface area contributed by atoms with Gasteiger partial charge in [-0.2, -0.15) is 0 Å². The van der Waals surface area contributed by atoms with Crippen molar-refractivity contribution in [2.24, 2.45) is 11.7 Å². The van der Waals surface area contributed by atoms with Gasteiger partial charge in [0.25, 0.3) is 0 Å². The molecule has 0 aromatic heterocycles. The normalized spacial score (nSPS) is 14.4. The van der Waals surface area contributed by atoms with E-state index in [1.807, 2.05) is 44.2 Å². The minimum Gasteiger partial charge on any atom is -0.460 e. The van der Waals surface area contributed by atoms with Crippen molar-refractivity contribution >= 4 is 11.9 Å². The first-order valence-electron chi connectivity index (χ1n) is 8.35. The van der Waals surface area contributed by atoms with Crippen molar-refractivity contribution in [3.8, 4) is 0 Å². The molecule has 0 unspecified atom stereocenters. The van der Waals surface area contributed by atoms with Gasteiger partial charge in [-0.05, 0) is 18.4 Å². The van der Waals surface area contributed by atoms with Crippen molar-refractivity contribution < 1.29 is 19.1 Å². The maximum Gasteiger partial charge on any atom is 0.331 e. The van der Waals surface area contributed by atoms with Crippen LogP contribution in [-0.2, 0) is 25.7 Å². The quantitative estimate of drug-likeness (QED) is 0.497. The zero-order valence-electron chi connectivity index (χ0n) is 15.1. The molecule has 138 valence electrons. The third kappa shape index (κ3) is 7.07. The van der Waals surface area contributed by atoms with Crippen molar-refractivity contribution in [1.82, 2.24) is 5.32 Å². The fourth-order valence-corrected chi connectivity index (χ4v) is 2.05. The molecule has 25 heavy (non-hydrogen) atoms. The fraction of sp³-hybridized carbons (Fsp3) is 0.474. The second kappa shape index (κ2) is 10.6. The topological polar surface area (TPSA) is 90.7 Å². The number of amides is 1. The van der Waals surface area contributed by atoms with E-state index in [-0.39, 0.29) is 12.5 Å². The first kappa shape index (κ1) is 20.9. The van der Waals surface area contributed by atoms with Crippen LogP contribution < -0.4 is 11.1 Å². The van der Waals surface area contributed by atoms with Crippen LogP contribution in [0.2, 0.25) is 0 Å². The van der Waals surface area contributed by atoms with Gasteiger partial charge < -0.3 is 20.5 Å². The zero-order chi connectivity index (χ0) is 18.8. The van der Waals surface area contributed by atoms with Crippen molar-refractivity contribution in [3.05, 3.63) is 48.6 Å². The molecular weight excluding hydrogens is 320 g/mol. The van der Waals surface area contributed by atoms with Crippen LogP contribution in [0.4, 0.5) is 0 Å². The van der Waals surface area contributed by atoms with E-state index in [0.717, 1.165) is 5.56 Å². The van der Waals surface area contributed by atoms with Crippen LogP contribution in [0.25, 0.3) is 0 Å². The summed E-state index contributed by atoms with van der Waals surface area (Å²) in [5.74, 6) is -1.04. The van der Waals surface area contributed by atoms with Crippen molar-refractivity contribution in [3.63, 3.8) is 0 Å². The Morgan fingerprint density at radius 1 is 1.24 bits per heavy atom. The second-order valence-corrected chi connectivity index (χ2v) is 6.18. The summed E-state index contributed by atoms with van der Waals surface area (Å²) >= 11 is 0. The number of nitrogens with one attached hydrogen (secondary N) is 1. The summed E-state index contributed by atoms with van der Waals surface area (Å²) in [4.78, 5) is 24.5. The molecule has 3 N–H and O–H groups in total. The van der Waals surface area contributed by atoms with Crippen molar-refractivity contribution in [2.45, 2.75) is 45.6 Å². The van der Waals surface area contributed by atoms with E-state index in [4.69, 9.17) is 15.2 Å². The second-order valence-electron chi connectivity index (χ2n) is 6.18. The number of rotatable bonds is 10. The number of nitrogens with two attached hydrogens (primary N) is 1. The molecule has 0 aliphatic carbocycles. The van der Waals surface area contributed by atoms with Crippen molar-refractivity contribution in [1.29, 1.82) is 0 Å². The molecule has 0 radical (unpaired) electrons. The van der Waals surface area contributed by atoms with Crippen molar-refractivity contribution in [2.75, 3.05) is 6.61 Å². The first-order chi connectivity index (χ1) is 11.9. The number of esters is 1. The van der Waals surface area contributed by atoms with Gasteiger partial charge in [-0.15, -0.1) is 0 Å². The van der Waals surface area contributed by atoms with Gasteiger partial charge in [0.05, 0.1) is 18.8 Å². The lowest BCUT2D eigenvalue weighted by molar-refractivity contribution is -0.151. The third-order valence-corrected chi connectivity index (χ3v) is 3.74. The van der Waals surface area contributed by atoms with Crippen LogP contribution in [0.1, 0.15) is 26.3 Å². The Bertz CT molecular complexity index is 560. The largest absolute Gasteiger partial charge is 0.460 e. The molecule has 1 aromatic carbocycles. The lowest BCUT2D eigenvalue weighted by atomic mass is 10.0. The lowest BCUT2D eigenvalue weighted by Crippen LogP contribution is -2.55. The molecule has 0 spiro atoms. The molecule has 6 heteroatoms. The Hall–Kier alpha value is -2.18. The molecule has 3 atom stereocenters. The molecule has 0 aliphatic rings. The van der Waals surface area contributed by atoms with E-state index in [1.165, 1.54) is 6.08 Å². The SMILES string of the molecule is C=CCOC(=O)[C@@H](NC(=O)[C@@H](N)C(C)C)[C@@H](C)OCc1ccccc1. The van der Waals surface area contributed by atoms with Crippen LogP contribution in [0.5, 0.6) is 0 Å². The van der Waals surface area contributed by atoms with E-state index in [1.54, 1.807) is 6.92 Å². The highest BCUT2D eigenvalue weighted by Gasteiger charge is 2.31. The van der Waals surface area contributed by atoms with Gasteiger partial charge in [-0.1, -0.05) is 56.8 Å². The van der Waals surface area contributed by atoms with Gasteiger partial charge >= 0.3 is 5.97 Å². The predicted octanol–water partition coefficient (Wildman–Crippen LogP) is 1.79. The van der Waals surface area contributed by atoms with Crippen LogP contribution in [-0.4, -0.2) is 36.7 Å². The summed E-state index contributed by atoms with van der Waals surface area (Å²) in [6, 6.07) is 7.91. The summed E-state index contributed by atoms with van der Waals surface area (Å²) < 4.78 is 10.8. The lowest BCUT2D eigenvalue weighted by Gasteiger charge is -2.26. The minimum absolute atomic E-state index is 0.0506. The van der Waals surface area contributed by atoms with Crippen LogP contribution in [0.15, 0.2) is 43.0 Å². The molecule has 1 aromatic rings. The Morgan fingerprint density at radius 2 is 1.88 bits per heavy atom. The summed E-state index contributed by atoms with van der Waals surface area (Å²) in [6.07, 6.45) is 0.882. The van der Waals surface area contributed by atoms with Gasteiger partial charge in [0.15, 0.2) is 6.04 Å². The summed E-state index contributed by atoms with van der Waals surface area (Å²) in [5.41, 5.74) is 6.82. The van der Waals surface area contributed by atoms with E-state index in [0.29, 0.717) is 6.61 Å². The summed E-state index contributed by atoms with van der Waals surface area (Å²) in [5, 5.41) is 2.65. The maximum absolute atomic E-state index is 12.3. The summed E-state index contributed by atoms with van der Waals surface area (Å²) in [6.45, 7) is 9.28. The van der Waals surface area contributed by atoms with Crippen LogP contribution in [0.3, 0.4) is 0 Å². The average Bonchev–Trinajstić information content (AvgIpc) is 2.61. The Morgan fingerprint density at radius 3 is 2.44 bits per heavy atom. The fourth-order valence-electron chi connectivity index (χ4n) is 2.05. The number of hydrogen-bond donors (Lipinski definition) is 2. The van der Waals surface area contributed by atoms with Gasteiger partial charge in [-0.3, -0.25) is 4.79 Å². The maximum atomic E-state index is 12.3. The molecular formula is C19H28N2O4. The molecule has 0 heterocycles. The molecule has 0 aliphatic heterocycles. The van der Waals surface area contributed by atoms with Crippen LogP contribution in [0, 0.1) is 5.92 Å². The number of benzene rings is 1. The highest BCUT2D eigenvalue weighted by atomic mass is 16.5. The Kier molecular flexibility index (Phi) is 8.88. The average molecular weight is 348 g/mol. The Balaban J connectivity index is 2.76. The monoisotopic (exact) mass is 348 g/mol. The molecule has 1 rings (SSSR count). The Labute approximate surface area is 149 Å². The highest BCUT2D eigenvalue weighted by molar-refractivity contribution is 5.87. The molecule has 0 bridgehead atoms. The number of carbonyl (C=O) groups excluding carboxylic acids is 2. The highest BCUT2D eigenvalue weighted by Crippen LogP contribution is 2.09. The first-order valence-corrected chi connectivity index (χ1v) is 8.35. The minimum atomic E-state index is -0.944. The molecule has 0 saturated heterocycles. The molecule has 6 nitrogen and oxygen atoms in total. The zero-order valence-corrected chi connectivity index (χ0v) is 15.1. The molecule has 1 amide bonds. The number of carbonyl (C=O) groups is 2. The van der Waals surface area contributed by atoms with E-state index >= 15 is 0 Å². The standard InChI is InChI=1S/C19H28N2O4/c1-5-11-24-19(23)17(21-18(22)16(20)13(2)3)14(4)25-12-15-9-7-6-8-10-15/h5-10,13-14,16-17H,1,11-12,20H2,2-4H3,(H,21,22)/t14-,16+,17+/m1/s1. The summed E-state index contributed by atoms with van der Waals surface area (Å²) in [7, 11) is 0. The van der Waals surface area contributed by atoms with E-state index in [9.17, 15) is 9.59 Å². The van der Waals surface area contributed by atoms with Gasteiger partial charge in [0.2, 0.25) is 5.91 Å². The van der Waals surface area contributed by atoms with Gasteiger partial charge in [0.1, 0.15) is 6.61 Å². The van der Waals surface area contributed by atoms with Crippen LogP contribution >= 0.6 is 0 Å². The van der Waals surface area contributed by atoms with E-state index < -0.39 is 30.1 Å². The number of ether oxygens (including phenoxy) is 2. The van der Waals surface area contributed by atoms with Gasteiger partial charge in [0, 0.05) is 0 Å². The molecule has 0 fully saturated rings. The third-order valence-electron chi connectivity index (χ3n) is 3.74. The van der Waals surface area contributed by atoms with Gasteiger partial charge in [-0.25, -0.2) is 4.79 Å². The number of hydrogen-bond acceptors (Lipinski definition) is 5.